The number of hydrogen-bond acceptors (Lipinski definition) is 5. The highest BCUT2D eigenvalue weighted by atomic mass is 19.1. The van der Waals surface area contributed by atoms with Crippen molar-refractivity contribution in [3.8, 4) is 5.75 Å². The molecule has 0 saturated heterocycles. The van der Waals surface area contributed by atoms with Gasteiger partial charge in [-0.1, -0.05) is 6.92 Å². The molecule has 0 atom stereocenters. The zero-order valence-electron chi connectivity index (χ0n) is 12.4. The average molecular weight is 290 g/mol. The Labute approximate surface area is 123 Å². The second-order valence-electron chi connectivity index (χ2n) is 4.67. The van der Waals surface area contributed by atoms with Crippen LogP contribution < -0.4 is 15.4 Å². The maximum atomic E-state index is 13.4. The lowest BCUT2D eigenvalue weighted by molar-refractivity contribution is 0.415. The first-order chi connectivity index (χ1) is 10.1. The van der Waals surface area contributed by atoms with Crippen LogP contribution in [-0.4, -0.2) is 23.6 Å². The lowest BCUT2D eigenvalue weighted by Crippen LogP contribution is -2.07. The number of benzene rings is 1. The van der Waals surface area contributed by atoms with Gasteiger partial charge in [-0.2, -0.15) is 0 Å². The first-order valence-corrected chi connectivity index (χ1v) is 6.81. The Morgan fingerprint density at radius 1 is 1.19 bits per heavy atom. The number of aryl methyl sites for hydroxylation is 1. The minimum Gasteiger partial charge on any atom is -0.490 e. The van der Waals surface area contributed by atoms with E-state index < -0.39 is 0 Å². The van der Waals surface area contributed by atoms with Gasteiger partial charge in [0, 0.05) is 12.2 Å². The first-order valence-electron chi connectivity index (χ1n) is 6.81. The van der Waals surface area contributed by atoms with Crippen LogP contribution in [0.3, 0.4) is 0 Å². The van der Waals surface area contributed by atoms with Crippen molar-refractivity contribution in [2.24, 2.45) is 0 Å². The van der Waals surface area contributed by atoms with Crippen molar-refractivity contribution < 1.29 is 9.13 Å². The van der Waals surface area contributed by atoms with Crippen LogP contribution in [-0.2, 0) is 0 Å². The summed E-state index contributed by atoms with van der Waals surface area (Å²) in [5, 5.41) is 6.24. The van der Waals surface area contributed by atoms with Crippen molar-refractivity contribution in [2.45, 2.75) is 20.3 Å². The number of nitrogens with one attached hydrogen (secondary N) is 2. The highest BCUT2D eigenvalue weighted by Crippen LogP contribution is 2.31. The number of halogens is 1. The normalized spacial score (nSPS) is 10.3. The molecule has 6 heteroatoms. The van der Waals surface area contributed by atoms with E-state index in [-0.39, 0.29) is 5.82 Å². The van der Waals surface area contributed by atoms with Crippen molar-refractivity contribution in [3.05, 3.63) is 35.9 Å². The Morgan fingerprint density at radius 3 is 2.62 bits per heavy atom. The summed E-state index contributed by atoms with van der Waals surface area (Å²) in [6, 6.07) is 4.72. The summed E-state index contributed by atoms with van der Waals surface area (Å²) >= 11 is 0. The molecule has 0 saturated carbocycles. The monoisotopic (exact) mass is 290 g/mol. The number of hydrogen-bond donors (Lipinski definition) is 2. The Hall–Kier alpha value is -2.37. The zero-order valence-corrected chi connectivity index (χ0v) is 12.4. The molecule has 0 aliphatic carbocycles. The molecule has 1 aromatic carbocycles. The standard InChI is InChI=1S/C15H19FN4O/c1-4-5-17-14-13(21-3)15(19-9-18-14)20-12-7-10(2)6-11(16)8-12/h6-9H,4-5H2,1-3H3,(H2,17,18,19,20). The van der Waals surface area contributed by atoms with Crippen molar-refractivity contribution in [1.29, 1.82) is 0 Å². The van der Waals surface area contributed by atoms with Gasteiger partial charge in [0.1, 0.15) is 12.1 Å². The molecule has 112 valence electrons. The number of ether oxygens (including phenoxy) is 1. The lowest BCUT2D eigenvalue weighted by Gasteiger charge is -2.14. The molecule has 0 radical (unpaired) electrons. The average Bonchev–Trinajstić information content (AvgIpc) is 2.44. The third kappa shape index (κ3) is 3.81. The quantitative estimate of drug-likeness (QED) is 0.852. The fraction of sp³-hybridized carbons (Fsp3) is 0.333. The van der Waals surface area contributed by atoms with Crippen LogP contribution >= 0.6 is 0 Å². The highest BCUT2D eigenvalue weighted by molar-refractivity contribution is 5.69. The Balaban J connectivity index is 2.30. The van der Waals surface area contributed by atoms with E-state index in [0.29, 0.717) is 23.1 Å². The summed E-state index contributed by atoms with van der Waals surface area (Å²) in [6.07, 6.45) is 2.41. The molecule has 5 nitrogen and oxygen atoms in total. The molecule has 0 aliphatic heterocycles. The fourth-order valence-corrected chi connectivity index (χ4v) is 1.97. The van der Waals surface area contributed by atoms with Gasteiger partial charge in [-0.3, -0.25) is 0 Å². The summed E-state index contributed by atoms with van der Waals surface area (Å²) in [5.41, 5.74) is 1.45. The van der Waals surface area contributed by atoms with Crippen molar-refractivity contribution >= 4 is 17.3 Å². The zero-order chi connectivity index (χ0) is 15.2. The maximum absolute atomic E-state index is 13.4. The highest BCUT2D eigenvalue weighted by Gasteiger charge is 2.12. The molecule has 0 fully saturated rings. The predicted molar refractivity (Wildman–Crippen MR) is 81.8 cm³/mol. The second kappa shape index (κ2) is 6.88. The lowest BCUT2D eigenvalue weighted by atomic mass is 10.2. The smallest absolute Gasteiger partial charge is 0.204 e. The number of rotatable bonds is 6. The molecule has 0 bridgehead atoms. The number of aromatic nitrogens is 2. The molecule has 21 heavy (non-hydrogen) atoms. The molecule has 0 amide bonds. The van der Waals surface area contributed by atoms with Gasteiger partial charge >= 0.3 is 0 Å². The second-order valence-corrected chi connectivity index (χ2v) is 4.67. The molecule has 0 unspecified atom stereocenters. The van der Waals surface area contributed by atoms with Gasteiger partial charge < -0.3 is 15.4 Å². The first kappa shape index (κ1) is 15.0. The van der Waals surface area contributed by atoms with E-state index in [1.807, 2.05) is 13.0 Å². The van der Waals surface area contributed by atoms with Crippen molar-refractivity contribution in [1.82, 2.24) is 9.97 Å². The van der Waals surface area contributed by atoms with Gasteiger partial charge in [-0.15, -0.1) is 0 Å². The van der Waals surface area contributed by atoms with Crippen LogP contribution in [0.15, 0.2) is 24.5 Å². The summed E-state index contributed by atoms with van der Waals surface area (Å²) in [4.78, 5) is 8.33. The van der Waals surface area contributed by atoms with E-state index >= 15 is 0 Å². The van der Waals surface area contributed by atoms with E-state index in [9.17, 15) is 4.39 Å². The summed E-state index contributed by atoms with van der Waals surface area (Å²) in [6.45, 7) is 4.68. The maximum Gasteiger partial charge on any atom is 0.204 e. The van der Waals surface area contributed by atoms with Gasteiger partial charge in [0.15, 0.2) is 11.6 Å². The fourth-order valence-electron chi connectivity index (χ4n) is 1.97. The van der Waals surface area contributed by atoms with Crippen LogP contribution in [0.1, 0.15) is 18.9 Å². The molecule has 2 N–H and O–H groups in total. The third-order valence-corrected chi connectivity index (χ3v) is 2.86. The molecular formula is C15H19FN4O. The van der Waals surface area contributed by atoms with E-state index in [1.54, 1.807) is 7.11 Å². The Bertz CT molecular complexity index is 598. The van der Waals surface area contributed by atoms with Gasteiger partial charge in [0.25, 0.3) is 0 Å². The van der Waals surface area contributed by atoms with E-state index in [4.69, 9.17) is 4.74 Å². The Morgan fingerprint density at radius 2 is 1.95 bits per heavy atom. The Kier molecular flexibility index (Phi) is 4.92. The topological polar surface area (TPSA) is 59.1 Å². The molecule has 1 heterocycles. The predicted octanol–water partition coefficient (Wildman–Crippen LogP) is 3.50. The van der Waals surface area contributed by atoms with Crippen LogP contribution in [0.5, 0.6) is 5.75 Å². The van der Waals surface area contributed by atoms with Crippen molar-refractivity contribution in [3.63, 3.8) is 0 Å². The van der Waals surface area contributed by atoms with Crippen LogP contribution in [0, 0.1) is 12.7 Å². The van der Waals surface area contributed by atoms with Crippen LogP contribution in [0.2, 0.25) is 0 Å². The van der Waals surface area contributed by atoms with Gasteiger partial charge in [-0.05, 0) is 37.1 Å². The van der Waals surface area contributed by atoms with E-state index in [2.05, 4.69) is 27.5 Å². The van der Waals surface area contributed by atoms with Crippen molar-refractivity contribution in [2.75, 3.05) is 24.3 Å². The number of nitrogens with zero attached hydrogens (tertiary/aromatic N) is 2. The van der Waals surface area contributed by atoms with Gasteiger partial charge in [0.05, 0.1) is 7.11 Å². The van der Waals surface area contributed by atoms with Gasteiger partial charge in [0.2, 0.25) is 5.75 Å². The van der Waals surface area contributed by atoms with Crippen LogP contribution in [0.25, 0.3) is 0 Å². The molecule has 1 aromatic heterocycles. The van der Waals surface area contributed by atoms with Gasteiger partial charge in [-0.25, -0.2) is 14.4 Å². The number of methoxy groups -OCH3 is 1. The summed E-state index contributed by atoms with van der Waals surface area (Å²) in [5.74, 6) is 1.32. The number of anilines is 3. The van der Waals surface area contributed by atoms with E-state index in [0.717, 1.165) is 18.5 Å². The van der Waals surface area contributed by atoms with Crippen LogP contribution in [0.4, 0.5) is 21.7 Å². The minimum absolute atomic E-state index is 0.296. The summed E-state index contributed by atoms with van der Waals surface area (Å²) in [7, 11) is 1.55. The minimum atomic E-state index is -0.296. The molecule has 0 spiro atoms. The van der Waals surface area contributed by atoms with E-state index in [1.165, 1.54) is 18.5 Å². The molecular weight excluding hydrogens is 271 g/mol. The largest absolute Gasteiger partial charge is 0.490 e. The SMILES string of the molecule is CCCNc1ncnc(Nc2cc(C)cc(F)c2)c1OC. The molecule has 0 aliphatic rings. The third-order valence-electron chi connectivity index (χ3n) is 2.86. The molecule has 2 rings (SSSR count). The molecule has 2 aromatic rings. The summed E-state index contributed by atoms with van der Waals surface area (Å²) < 4.78 is 18.8.